The van der Waals surface area contributed by atoms with Crippen molar-refractivity contribution in [3.63, 3.8) is 0 Å². The highest BCUT2D eigenvalue weighted by Crippen LogP contribution is 2.16. The summed E-state index contributed by atoms with van der Waals surface area (Å²) < 4.78 is 0. The molecule has 0 spiro atoms. The molecule has 1 heterocycles. The van der Waals surface area contributed by atoms with Crippen LogP contribution in [-0.2, 0) is 6.42 Å². The van der Waals surface area contributed by atoms with Crippen molar-refractivity contribution in [3.05, 3.63) is 60.4 Å². The lowest BCUT2D eigenvalue weighted by Crippen LogP contribution is -2.24. The summed E-state index contributed by atoms with van der Waals surface area (Å²) in [4.78, 5) is 8.06. The van der Waals surface area contributed by atoms with E-state index >= 15 is 0 Å². The third-order valence-corrected chi connectivity index (χ3v) is 3.95. The molecular formula is C16H20N2S. The van der Waals surface area contributed by atoms with Gasteiger partial charge < -0.3 is 4.90 Å². The maximum absolute atomic E-state index is 4.35. The molecule has 100 valence electrons. The van der Waals surface area contributed by atoms with Crippen LogP contribution in [0.5, 0.6) is 0 Å². The van der Waals surface area contributed by atoms with E-state index in [0.717, 1.165) is 25.3 Å². The van der Waals surface area contributed by atoms with Crippen LogP contribution >= 0.6 is 11.8 Å². The molecule has 3 heteroatoms. The lowest BCUT2D eigenvalue weighted by molar-refractivity contribution is 0.359. The third kappa shape index (κ3) is 5.45. The van der Waals surface area contributed by atoms with E-state index in [1.54, 1.807) is 0 Å². The summed E-state index contributed by atoms with van der Waals surface area (Å²) in [5.74, 6) is 1.13. The zero-order valence-electron chi connectivity index (χ0n) is 11.3. The van der Waals surface area contributed by atoms with Gasteiger partial charge in [-0.2, -0.15) is 0 Å². The smallest absolute Gasteiger partial charge is 0.0416 e. The van der Waals surface area contributed by atoms with Crippen molar-refractivity contribution in [2.24, 2.45) is 0 Å². The number of nitrogens with zero attached hydrogens (tertiary/aromatic N) is 2. The van der Waals surface area contributed by atoms with Crippen molar-refractivity contribution in [3.8, 4) is 0 Å². The molecule has 0 aliphatic heterocycles. The maximum atomic E-state index is 4.35. The number of aromatic nitrogens is 1. The van der Waals surface area contributed by atoms with Gasteiger partial charge in [-0.15, -0.1) is 11.8 Å². The van der Waals surface area contributed by atoms with Crippen molar-refractivity contribution in [1.82, 2.24) is 9.88 Å². The third-order valence-electron chi connectivity index (χ3n) is 2.96. The first-order chi connectivity index (χ1) is 9.34. The summed E-state index contributed by atoms with van der Waals surface area (Å²) >= 11 is 1.91. The van der Waals surface area contributed by atoms with E-state index in [0.29, 0.717) is 0 Å². The molecule has 1 aromatic heterocycles. The second kappa shape index (κ2) is 7.97. The van der Waals surface area contributed by atoms with Crippen molar-refractivity contribution < 1.29 is 0 Å². The van der Waals surface area contributed by atoms with Crippen LogP contribution in [0.2, 0.25) is 0 Å². The van der Waals surface area contributed by atoms with Gasteiger partial charge >= 0.3 is 0 Å². The van der Waals surface area contributed by atoms with Crippen LogP contribution in [0.1, 0.15) is 5.69 Å². The Bertz CT molecular complexity index is 459. The Morgan fingerprint density at radius 1 is 1.00 bits per heavy atom. The molecule has 0 bridgehead atoms. The highest BCUT2D eigenvalue weighted by Gasteiger charge is 2.00. The van der Waals surface area contributed by atoms with Gasteiger partial charge in [0.15, 0.2) is 0 Å². The lowest BCUT2D eigenvalue weighted by atomic mass is 10.2. The highest BCUT2D eigenvalue weighted by molar-refractivity contribution is 7.99. The van der Waals surface area contributed by atoms with Crippen molar-refractivity contribution in [2.45, 2.75) is 11.3 Å². The second-order valence-corrected chi connectivity index (χ2v) is 5.70. The van der Waals surface area contributed by atoms with Crippen LogP contribution in [-0.4, -0.2) is 35.8 Å². The standard InChI is InChI=1S/C16H20N2S/c1-18(12-10-15-7-5-6-11-17-15)13-14-19-16-8-3-2-4-9-16/h2-9,11H,10,12-14H2,1H3. The number of hydrogen-bond acceptors (Lipinski definition) is 3. The van der Waals surface area contributed by atoms with Gasteiger partial charge in [0.25, 0.3) is 0 Å². The normalized spacial score (nSPS) is 10.8. The quantitative estimate of drug-likeness (QED) is 0.719. The minimum Gasteiger partial charge on any atom is -0.305 e. The van der Waals surface area contributed by atoms with E-state index in [2.05, 4.69) is 53.3 Å². The van der Waals surface area contributed by atoms with E-state index in [9.17, 15) is 0 Å². The SMILES string of the molecule is CN(CCSc1ccccc1)CCc1ccccn1. The molecule has 0 atom stereocenters. The van der Waals surface area contributed by atoms with Gasteiger partial charge in [-0.25, -0.2) is 0 Å². The fraction of sp³-hybridized carbons (Fsp3) is 0.312. The van der Waals surface area contributed by atoms with Crippen LogP contribution in [0.25, 0.3) is 0 Å². The number of thioether (sulfide) groups is 1. The molecule has 0 N–H and O–H groups in total. The van der Waals surface area contributed by atoms with Crippen molar-refractivity contribution in [1.29, 1.82) is 0 Å². The molecule has 0 amide bonds. The summed E-state index contributed by atoms with van der Waals surface area (Å²) in [5.41, 5.74) is 1.17. The molecule has 0 saturated carbocycles. The fourth-order valence-electron chi connectivity index (χ4n) is 1.80. The zero-order valence-corrected chi connectivity index (χ0v) is 12.1. The molecule has 0 fully saturated rings. The first kappa shape index (κ1) is 14.1. The number of pyridine rings is 1. The van der Waals surface area contributed by atoms with Gasteiger partial charge in [-0.3, -0.25) is 4.98 Å². The van der Waals surface area contributed by atoms with Crippen LogP contribution in [0.4, 0.5) is 0 Å². The minimum absolute atomic E-state index is 1.02. The van der Waals surface area contributed by atoms with E-state index in [1.807, 2.05) is 30.1 Å². The average Bonchev–Trinajstić information content (AvgIpc) is 2.47. The predicted octanol–water partition coefficient (Wildman–Crippen LogP) is 3.35. The van der Waals surface area contributed by atoms with E-state index in [-0.39, 0.29) is 0 Å². The average molecular weight is 272 g/mol. The molecule has 0 aliphatic rings. The summed E-state index contributed by atoms with van der Waals surface area (Å²) in [6, 6.07) is 16.7. The topological polar surface area (TPSA) is 16.1 Å². The summed E-state index contributed by atoms with van der Waals surface area (Å²) in [5, 5.41) is 0. The van der Waals surface area contributed by atoms with Gasteiger partial charge in [-0.05, 0) is 31.3 Å². The first-order valence-electron chi connectivity index (χ1n) is 6.61. The Hall–Kier alpha value is -1.32. The van der Waals surface area contributed by atoms with Crippen LogP contribution in [0.3, 0.4) is 0 Å². The van der Waals surface area contributed by atoms with Gasteiger partial charge in [0.1, 0.15) is 0 Å². The molecule has 2 aromatic rings. The van der Waals surface area contributed by atoms with Gasteiger partial charge in [0.05, 0.1) is 0 Å². The van der Waals surface area contributed by atoms with Crippen LogP contribution in [0.15, 0.2) is 59.6 Å². The molecular weight excluding hydrogens is 252 g/mol. The molecule has 1 aromatic carbocycles. The van der Waals surface area contributed by atoms with Crippen molar-refractivity contribution >= 4 is 11.8 Å². The Morgan fingerprint density at radius 3 is 2.53 bits per heavy atom. The van der Waals surface area contributed by atoms with Crippen LogP contribution < -0.4 is 0 Å². The van der Waals surface area contributed by atoms with Gasteiger partial charge in [0, 0.05) is 42.0 Å². The van der Waals surface area contributed by atoms with Crippen molar-refractivity contribution in [2.75, 3.05) is 25.9 Å². The maximum Gasteiger partial charge on any atom is 0.0416 e. The minimum atomic E-state index is 1.02. The molecule has 2 nitrogen and oxygen atoms in total. The second-order valence-electron chi connectivity index (χ2n) is 4.54. The number of hydrogen-bond donors (Lipinski definition) is 0. The Labute approximate surface area is 119 Å². The fourth-order valence-corrected chi connectivity index (χ4v) is 2.79. The molecule has 0 radical (unpaired) electrons. The van der Waals surface area contributed by atoms with E-state index in [1.165, 1.54) is 10.6 Å². The Balaban J connectivity index is 1.64. The largest absolute Gasteiger partial charge is 0.305 e. The Kier molecular flexibility index (Phi) is 5.92. The number of benzene rings is 1. The predicted molar refractivity (Wildman–Crippen MR) is 82.6 cm³/mol. The molecule has 19 heavy (non-hydrogen) atoms. The van der Waals surface area contributed by atoms with E-state index < -0.39 is 0 Å². The van der Waals surface area contributed by atoms with E-state index in [4.69, 9.17) is 0 Å². The molecule has 0 saturated heterocycles. The molecule has 0 unspecified atom stereocenters. The summed E-state index contributed by atoms with van der Waals surface area (Å²) in [6.07, 6.45) is 2.88. The first-order valence-corrected chi connectivity index (χ1v) is 7.59. The molecule has 0 aliphatic carbocycles. The summed E-state index contributed by atoms with van der Waals surface area (Å²) in [7, 11) is 2.18. The molecule has 2 rings (SSSR count). The number of likely N-dealkylation sites (N-methyl/N-ethyl adjacent to an activating group) is 1. The highest BCUT2D eigenvalue weighted by atomic mass is 32.2. The number of rotatable bonds is 7. The zero-order chi connectivity index (χ0) is 13.3. The lowest BCUT2D eigenvalue weighted by Gasteiger charge is -2.15. The summed E-state index contributed by atoms with van der Waals surface area (Å²) in [6.45, 7) is 2.17. The monoisotopic (exact) mass is 272 g/mol. The van der Waals surface area contributed by atoms with Crippen LogP contribution in [0, 0.1) is 0 Å². The Morgan fingerprint density at radius 2 is 1.79 bits per heavy atom. The van der Waals surface area contributed by atoms with Gasteiger partial charge in [0.2, 0.25) is 0 Å². The van der Waals surface area contributed by atoms with Gasteiger partial charge in [-0.1, -0.05) is 24.3 Å².